The van der Waals surface area contributed by atoms with Gasteiger partial charge in [-0.2, -0.15) is 0 Å². The Morgan fingerprint density at radius 2 is 2.12 bits per heavy atom. The molecule has 3 N–H and O–H groups in total. The SMILES string of the molecule is Cc1cnc(C(Cc2cncs2)NN)nc1. The molecule has 0 radical (unpaired) electrons. The molecule has 2 aromatic rings. The van der Waals surface area contributed by atoms with Crippen molar-refractivity contribution in [2.75, 3.05) is 0 Å². The third-order valence-corrected chi connectivity index (χ3v) is 3.00. The van der Waals surface area contributed by atoms with Gasteiger partial charge in [-0.3, -0.25) is 10.8 Å². The third kappa shape index (κ3) is 2.60. The summed E-state index contributed by atoms with van der Waals surface area (Å²) >= 11 is 1.60. The molecule has 0 fully saturated rings. The van der Waals surface area contributed by atoms with Crippen molar-refractivity contribution in [2.45, 2.75) is 19.4 Å². The zero-order valence-corrected chi connectivity index (χ0v) is 9.74. The first-order valence-corrected chi connectivity index (χ1v) is 5.79. The van der Waals surface area contributed by atoms with Crippen LogP contribution in [0.25, 0.3) is 0 Å². The summed E-state index contributed by atoms with van der Waals surface area (Å²) in [6, 6.07) is -0.0685. The largest absolute Gasteiger partial charge is 0.271 e. The van der Waals surface area contributed by atoms with E-state index in [1.54, 1.807) is 29.2 Å². The van der Waals surface area contributed by atoms with Gasteiger partial charge in [-0.25, -0.2) is 15.4 Å². The van der Waals surface area contributed by atoms with E-state index in [1.807, 2.05) is 13.1 Å². The fraction of sp³-hybridized carbons (Fsp3) is 0.300. The lowest BCUT2D eigenvalue weighted by molar-refractivity contribution is 0.525. The molecule has 16 heavy (non-hydrogen) atoms. The summed E-state index contributed by atoms with van der Waals surface area (Å²) in [6.45, 7) is 1.96. The van der Waals surface area contributed by atoms with E-state index in [0.717, 1.165) is 16.9 Å². The lowest BCUT2D eigenvalue weighted by Gasteiger charge is -2.12. The Labute approximate surface area is 97.7 Å². The van der Waals surface area contributed by atoms with E-state index in [9.17, 15) is 0 Å². The van der Waals surface area contributed by atoms with Crippen molar-refractivity contribution in [1.29, 1.82) is 0 Å². The van der Waals surface area contributed by atoms with Crippen molar-refractivity contribution >= 4 is 11.3 Å². The Morgan fingerprint density at radius 3 is 2.69 bits per heavy atom. The molecule has 0 spiro atoms. The summed E-state index contributed by atoms with van der Waals surface area (Å²) in [5, 5.41) is 0. The van der Waals surface area contributed by atoms with Crippen molar-refractivity contribution in [3.8, 4) is 0 Å². The molecule has 0 amide bonds. The van der Waals surface area contributed by atoms with E-state index in [4.69, 9.17) is 5.84 Å². The molecule has 0 aromatic carbocycles. The third-order valence-electron chi connectivity index (χ3n) is 2.20. The van der Waals surface area contributed by atoms with Gasteiger partial charge < -0.3 is 0 Å². The summed E-state index contributed by atoms with van der Waals surface area (Å²) < 4.78 is 0. The van der Waals surface area contributed by atoms with Gasteiger partial charge in [0.05, 0.1) is 11.6 Å². The predicted molar refractivity (Wildman–Crippen MR) is 62.7 cm³/mol. The second kappa shape index (κ2) is 5.11. The van der Waals surface area contributed by atoms with Crippen LogP contribution in [0.15, 0.2) is 24.1 Å². The summed E-state index contributed by atoms with van der Waals surface area (Å²) in [6.07, 6.45) is 6.17. The quantitative estimate of drug-likeness (QED) is 0.610. The van der Waals surface area contributed by atoms with Crippen LogP contribution in [-0.4, -0.2) is 15.0 Å². The van der Waals surface area contributed by atoms with Gasteiger partial charge in [-0.1, -0.05) is 0 Å². The van der Waals surface area contributed by atoms with Gasteiger partial charge in [-0.15, -0.1) is 11.3 Å². The van der Waals surface area contributed by atoms with Crippen molar-refractivity contribution in [1.82, 2.24) is 20.4 Å². The van der Waals surface area contributed by atoms with Crippen LogP contribution in [0.5, 0.6) is 0 Å². The number of aromatic nitrogens is 3. The first-order chi connectivity index (χ1) is 7.79. The molecule has 5 nitrogen and oxygen atoms in total. The van der Waals surface area contributed by atoms with Crippen LogP contribution in [0.4, 0.5) is 0 Å². The summed E-state index contributed by atoms with van der Waals surface area (Å²) in [7, 11) is 0. The molecular weight excluding hydrogens is 222 g/mol. The Balaban J connectivity index is 2.13. The minimum atomic E-state index is -0.0685. The summed E-state index contributed by atoms with van der Waals surface area (Å²) in [5.74, 6) is 6.22. The van der Waals surface area contributed by atoms with Crippen LogP contribution >= 0.6 is 11.3 Å². The maximum Gasteiger partial charge on any atom is 0.146 e. The number of hydrogen-bond acceptors (Lipinski definition) is 6. The smallest absolute Gasteiger partial charge is 0.146 e. The zero-order chi connectivity index (χ0) is 11.4. The number of aryl methyl sites for hydroxylation is 1. The van der Waals surface area contributed by atoms with Crippen molar-refractivity contribution in [3.63, 3.8) is 0 Å². The van der Waals surface area contributed by atoms with Crippen LogP contribution in [-0.2, 0) is 6.42 Å². The fourth-order valence-electron chi connectivity index (χ4n) is 1.35. The van der Waals surface area contributed by atoms with Gasteiger partial charge in [0, 0.05) is 29.9 Å². The normalized spacial score (nSPS) is 12.6. The van der Waals surface area contributed by atoms with E-state index in [0.29, 0.717) is 5.82 Å². The molecule has 84 valence electrons. The zero-order valence-electron chi connectivity index (χ0n) is 8.92. The van der Waals surface area contributed by atoms with Crippen LogP contribution in [0.1, 0.15) is 22.3 Å². The second-order valence-electron chi connectivity index (χ2n) is 3.51. The average molecular weight is 235 g/mol. The number of thiazole rings is 1. The standard InChI is InChI=1S/C10H13N5S/c1-7-3-13-10(14-4-7)9(15-11)2-8-5-12-6-16-8/h3-6,9,15H,2,11H2,1H3. The van der Waals surface area contributed by atoms with Crippen LogP contribution in [0.2, 0.25) is 0 Å². The number of hydrazine groups is 1. The van der Waals surface area contributed by atoms with Gasteiger partial charge in [0.1, 0.15) is 5.82 Å². The molecule has 0 bridgehead atoms. The first-order valence-electron chi connectivity index (χ1n) is 4.91. The van der Waals surface area contributed by atoms with Crippen LogP contribution in [0.3, 0.4) is 0 Å². The monoisotopic (exact) mass is 235 g/mol. The molecule has 0 aliphatic rings. The topological polar surface area (TPSA) is 76.7 Å². The lowest BCUT2D eigenvalue weighted by atomic mass is 10.2. The molecule has 2 rings (SSSR count). The molecule has 0 aliphatic carbocycles. The molecule has 0 saturated heterocycles. The predicted octanol–water partition coefficient (Wildman–Crippen LogP) is 0.989. The van der Waals surface area contributed by atoms with Crippen LogP contribution < -0.4 is 11.3 Å². The van der Waals surface area contributed by atoms with Gasteiger partial charge in [-0.05, 0) is 12.5 Å². The summed E-state index contributed by atoms with van der Waals surface area (Å²) in [5.41, 5.74) is 5.57. The molecule has 1 unspecified atom stereocenters. The lowest BCUT2D eigenvalue weighted by Crippen LogP contribution is -2.30. The highest BCUT2D eigenvalue weighted by molar-refractivity contribution is 7.09. The highest BCUT2D eigenvalue weighted by Crippen LogP contribution is 2.16. The Morgan fingerprint density at radius 1 is 1.38 bits per heavy atom. The number of nitrogens with one attached hydrogen (secondary N) is 1. The second-order valence-corrected chi connectivity index (χ2v) is 4.48. The van der Waals surface area contributed by atoms with Crippen LogP contribution in [0, 0.1) is 6.92 Å². The van der Waals surface area contributed by atoms with E-state index in [2.05, 4.69) is 20.4 Å². The molecular formula is C10H13N5S. The highest BCUT2D eigenvalue weighted by Gasteiger charge is 2.13. The fourth-order valence-corrected chi connectivity index (χ4v) is 1.99. The molecule has 0 aliphatic heterocycles. The number of nitrogens with two attached hydrogens (primary N) is 1. The van der Waals surface area contributed by atoms with Crippen molar-refractivity contribution in [2.24, 2.45) is 5.84 Å². The van der Waals surface area contributed by atoms with Crippen molar-refractivity contribution in [3.05, 3.63) is 40.4 Å². The van der Waals surface area contributed by atoms with E-state index < -0.39 is 0 Å². The first kappa shape index (κ1) is 11.1. The van der Waals surface area contributed by atoms with E-state index in [1.165, 1.54) is 0 Å². The Kier molecular flexibility index (Phi) is 3.55. The van der Waals surface area contributed by atoms with Gasteiger partial charge in [0.15, 0.2) is 0 Å². The number of nitrogens with zero attached hydrogens (tertiary/aromatic N) is 3. The van der Waals surface area contributed by atoms with Gasteiger partial charge in [0.25, 0.3) is 0 Å². The number of hydrogen-bond donors (Lipinski definition) is 2. The summed E-state index contributed by atoms with van der Waals surface area (Å²) in [4.78, 5) is 13.7. The number of rotatable bonds is 4. The maximum absolute atomic E-state index is 5.51. The Hall–Kier alpha value is -1.37. The highest BCUT2D eigenvalue weighted by atomic mass is 32.1. The van der Waals surface area contributed by atoms with E-state index in [-0.39, 0.29) is 6.04 Å². The molecule has 2 heterocycles. The van der Waals surface area contributed by atoms with Gasteiger partial charge >= 0.3 is 0 Å². The van der Waals surface area contributed by atoms with E-state index >= 15 is 0 Å². The molecule has 0 saturated carbocycles. The minimum absolute atomic E-state index is 0.0685. The maximum atomic E-state index is 5.51. The van der Waals surface area contributed by atoms with Crippen molar-refractivity contribution < 1.29 is 0 Å². The minimum Gasteiger partial charge on any atom is -0.271 e. The Bertz CT molecular complexity index is 425. The molecule has 2 aromatic heterocycles. The van der Waals surface area contributed by atoms with Gasteiger partial charge in [0.2, 0.25) is 0 Å². The molecule has 6 heteroatoms. The molecule has 1 atom stereocenters. The average Bonchev–Trinajstić information content (AvgIpc) is 2.80.